The van der Waals surface area contributed by atoms with Crippen molar-refractivity contribution in [2.45, 2.75) is 38.6 Å². The minimum absolute atomic E-state index is 0.845. The van der Waals surface area contributed by atoms with E-state index in [0.717, 1.165) is 28.8 Å². The molecule has 0 radical (unpaired) electrons. The van der Waals surface area contributed by atoms with Crippen LogP contribution in [0.5, 0.6) is 0 Å². The van der Waals surface area contributed by atoms with E-state index >= 15 is 0 Å². The number of nitrogens with two attached hydrogens (primary N) is 1. The number of benzene rings is 1. The van der Waals surface area contributed by atoms with E-state index in [1.54, 1.807) is 0 Å². The Kier molecular flexibility index (Phi) is 4.16. The van der Waals surface area contributed by atoms with E-state index in [-0.39, 0.29) is 0 Å². The maximum Gasteiger partial charge on any atom is 0.0726 e. The third-order valence-corrected chi connectivity index (χ3v) is 4.14. The van der Waals surface area contributed by atoms with Crippen LogP contribution in [0, 0.1) is 0 Å². The van der Waals surface area contributed by atoms with Gasteiger partial charge in [0.05, 0.1) is 11.2 Å². The topological polar surface area (TPSA) is 42.1 Å². The third-order valence-electron chi connectivity index (χ3n) is 4.14. The molecule has 3 heteroatoms. The number of aromatic nitrogens is 1. The Bertz CT molecular complexity index is 571. The molecule has 0 unspecified atom stereocenters. The van der Waals surface area contributed by atoms with Crippen molar-refractivity contribution in [3.8, 4) is 0 Å². The molecule has 3 nitrogen and oxygen atoms in total. The molecule has 20 heavy (non-hydrogen) atoms. The lowest BCUT2D eigenvalue weighted by Crippen LogP contribution is -2.27. The number of pyridine rings is 1. The molecule has 0 amide bonds. The van der Waals surface area contributed by atoms with Gasteiger partial charge in [-0.3, -0.25) is 9.88 Å². The van der Waals surface area contributed by atoms with Gasteiger partial charge in [0.15, 0.2) is 0 Å². The highest BCUT2D eigenvalue weighted by atomic mass is 15.1. The minimum atomic E-state index is 0.845. The van der Waals surface area contributed by atoms with E-state index in [0.29, 0.717) is 0 Å². The lowest BCUT2D eigenvalue weighted by atomic mass is 10.1. The first-order chi connectivity index (χ1) is 9.83. The van der Waals surface area contributed by atoms with E-state index < -0.39 is 0 Å². The highest BCUT2D eigenvalue weighted by molar-refractivity contribution is 5.90. The number of likely N-dealkylation sites (tertiary alicyclic amines) is 1. The van der Waals surface area contributed by atoms with Gasteiger partial charge in [-0.2, -0.15) is 0 Å². The average Bonchev–Trinajstić information content (AvgIpc) is 2.42. The summed E-state index contributed by atoms with van der Waals surface area (Å²) in [5.74, 6) is 0. The molecule has 1 aliphatic heterocycles. The Morgan fingerprint density at radius 3 is 2.50 bits per heavy atom. The average molecular weight is 269 g/mol. The van der Waals surface area contributed by atoms with Gasteiger partial charge in [-0.1, -0.05) is 37.5 Å². The number of para-hydroxylation sites is 1. The predicted molar refractivity (Wildman–Crippen MR) is 84.5 cm³/mol. The maximum absolute atomic E-state index is 6.16. The fourth-order valence-electron chi connectivity index (χ4n) is 3.04. The Morgan fingerprint density at radius 1 is 1.00 bits per heavy atom. The summed E-state index contributed by atoms with van der Waals surface area (Å²) in [6, 6.07) is 10.2. The molecule has 0 aliphatic carbocycles. The van der Waals surface area contributed by atoms with Crippen LogP contribution in [0.2, 0.25) is 0 Å². The molecule has 2 aromatic rings. The predicted octanol–water partition coefficient (Wildman–Crippen LogP) is 3.58. The third kappa shape index (κ3) is 3.10. The number of hydrogen-bond acceptors (Lipinski definition) is 3. The Hall–Kier alpha value is -1.61. The second kappa shape index (κ2) is 6.23. The number of rotatable bonds is 2. The Morgan fingerprint density at radius 2 is 1.70 bits per heavy atom. The van der Waals surface area contributed by atoms with Crippen LogP contribution in [0.25, 0.3) is 10.9 Å². The molecular weight excluding hydrogens is 246 g/mol. The van der Waals surface area contributed by atoms with Crippen molar-refractivity contribution in [2.75, 3.05) is 18.8 Å². The van der Waals surface area contributed by atoms with Crippen molar-refractivity contribution < 1.29 is 0 Å². The van der Waals surface area contributed by atoms with Gasteiger partial charge in [-0.05, 0) is 38.1 Å². The zero-order valence-electron chi connectivity index (χ0n) is 12.0. The highest BCUT2D eigenvalue weighted by Crippen LogP contribution is 2.21. The fourth-order valence-corrected chi connectivity index (χ4v) is 3.04. The zero-order chi connectivity index (χ0) is 13.8. The van der Waals surface area contributed by atoms with Crippen LogP contribution < -0.4 is 5.73 Å². The molecule has 106 valence electrons. The van der Waals surface area contributed by atoms with E-state index in [1.165, 1.54) is 45.2 Å². The van der Waals surface area contributed by atoms with Gasteiger partial charge < -0.3 is 5.73 Å². The number of hydrogen-bond donors (Lipinski definition) is 1. The summed E-state index contributed by atoms with van der Waals surface area (Å²) in [6.45, 7) is 3.30. The standard InChI is InChI=1S/C17H23N3/c18-16-12-14(19-17-9-5-4-8-15(16)17)13-20-10-6-2-1-3-7-11-20/h4-5,8-9,12H,1-3,6-7,10-11,13H2,(H2,18,19). The molecule has 1 aromatic heterocycles. The largest absolute Gasteiger partial charge is 0.398 e. The second-order valence-corrected chi connectivity index (χ2v) is 5.76. The van der Waals surface area contributed by atoms with Gasteiger partial charge >= 0.3 is 0 Å². The number of nitrogen functional groups attached to an aromatic ring is 1. The number of fused-ring (bicyclic) bond motifs is 1. The lowest BCUT2D eigenvalue weighted by molar-refractivity contribution is 0.237. The van der Waals surface area contributed by atoms with Gasteiger partial charge in [0.1, 0.15) is 0 Å². The summed E-state index contributed by atoms with van der Waals surface area (Å²) in [4.78, 5) is 7.29. The molecule has 0 saturated carbocycles. The molecule has 1 fully saturated rings. The SMILES string of the molecule is Nc1cc(CN2CCCCCCC2)nc2ccccc12. The van der Waals surface area contributed by atoms with Gasteiger partial charge in [-0.15, -0.1) is 0 Å². The van der Waals surface area contributed by atoms with Crippen LogP contribution in [-0.2, 0) is 6.54 Å². The van der Waals surface area contributed by atoms with Crippen molar-refractivity contribution in [2.24, 2.45) is 0 Å². The fraction of sp³-hybridized carbons (Fsp3) is 0.471. The number of nitrogens with zero attached hydrogens (tertiary/aromatic N) is 2. The van der Waals surface area contributed by atoms with Crippen molar-refractivity contribution >= 4 is 16.6 Å². The van der Waals surface area contributed by atoms with E-state index in [4.69, 9.17) is 10.7 Å². The van der Waals surface area contributed by atoms with Gasteiger partial charge in [0.25, 0.3) is 0 Å². The molecule has 3 rings (SSSR count). The number of anilines is 1. The molecule has 1 aromatic carbocycles. The van der Waals surface area contributed by atoms with Gasteiger partial charge in [0.2, 0.25) is 0 Å². The quantitative estimate of drug-likeness (QED) is 0.906. The van der Waals surface area contributed by atoms with E-state index in [9.17, 15) is 0 Å². The molecule has 2 N–H and O–H groups in total. The van der Waals surface area contributed by atoms with Crippen molar-refractivity contribution in [1.29, 1.82) is 0 Å². The Balaban J connectivity index is 1.79. The summed E-state index contributed by atoms with van der Waals surface area (Å²) in [5, 5.41) is 1.06. The first kappa shape index (κ1) is 13.4. The summed E-state index contributed by atoms with van der Waals surface area (Å²) in [5.41, 5.74) is 9.11. The molecule has 0 bridgehead atoms. The maximum atomic E-state index is 6.16. The molecule has 1 aliphatic rings. The monoisotopic (exact) mass is 269 g/mol. The summed E-state index contributed by atoms with van der Waals surface area (Å²) in [6.07, 6.45) is 6.74. The zero-order valence-corrected chi connectivity index (χ0v) is 12.0. The minimum Gasteiger partial charge on any atom is -0.398 e. The van der Waals surface area contributed by atoms with Crippen LogP contribution in [0.4, 0.5) is 5.69 Å². The van der Waals surface area contributed by atoms with Crippen LogP contribution in [0.1, 0.15) is 37.8 Å². The first-order valence-electron chi connectivity index (χ1n) is 7.69. The highest BCUT2D eigenvalue weighted by Gasteiger charge is 2.10. The van der Waals surface area contributed by atoms with Crippen LogP contribution >= 0.6 is 0 Å². The van der Waals surface area contributed by atoms with E-state index in [2.05, 4.69) is 4.90 Å². The van der Waals surface area contributed by atoms with Crippen LogP contribution in [-0.4, -0.2) is 23.0 Å². The summed E-state index contributed by atoms with van der Waals surface area (Å²) < 4.78 is 0. The molecule has 0 spiro atoms. The molecule has 2 heterocycles. The summed E-state index contributed by atoms with van der Waals surface area (Å²) in [7, 11) is 0. The van der Waals surface area contributed by atoms with E-state index in [1.807, 2.05) is 30.3 Å². The van der Waals surface area contributed by atoms with Crippen molar-refractivity contribution in [3.05, 3.63) is 36.0 Å². The van der Waals surface area contributed by atoms with Crippen molar-refractivity contribution in [1.82, 2.24) is 9.88 Å². The smallest absolute Gasteiger partial charge is 0.0726 e. The molecule has 0 atom stereocenters. The molecule has 1 saturated heterocycles. The van der Waals surface area contributed by atoms with Crippen LogP contribution in [0.3, 0.4) is 0 Å². The van der Waals surface area contributed by atoms with Gasteiger partial charge in [0, 0.05) is 17.6 Å². The normalized spacial score (nSPS) is 17.8. The Labute approximate surface area is 120 Å². The van der Waals surface area contributed by atoms with Crippen LogP contribution in [0.15, 0.2) is 30.3 Å². The second-order valence-electron chi connectivity index (χ2n) is 5.76. The van der Waals surface area contributed by atoms with Gasteiger partial charge in [-0.25, -0.2) is 0 Å². The molecular formula is C17H23N3. The van der Waals surface area contributed by atoms with Crippen molar-refractivity contribution in [3.63, 3.8) is 0 Å². The lowest BCUT2D eigenvalue weighted by Gasteiger charge is -2.24. The first-order valence-corrected chi connectivity index (χ1v) is 7.69. The summed E-state index contributed by atoms with van der Waals surface area (Å²) >= 11 is 0.